The number of nitrogens with zero attached hydrogens (tertiary/aromatic N) is 2. The van der Waals surface area contributed by atoms with Gasteiger partial charge in [0.05, 0.1) is 6.04 Å². The Hall–Kier alpha value is -2.08. The molecule has 1 aliphatic heterocycles. The Morgan fingerprint density at radius 1 is 1.15 bits per heavy atom. The van der Waals surface area contributed by atoms with Crippen molar-refractivity contribution in [2.45, 2.75) is 45.6 Å². The van der Waals surface area contributed by atoms with Crippen LogP contribution >= 0.6 is 0 Å². The maximum atomic E-state index is 12.2. The highest BCUT2D eigenvalue weighted by molar-refractivity contribution is 5.96. The van der Waals surface area contributed by atoms with Crippen molar-refractivity contribution in [3.63, 3.8) is 0 Å². The zero-order valence-corrected chi connectivity index (χ0v) is 16.0. The molecule has 0 bridgehead atoms. The smallest absolute Gasteiger partial charge is 0.315 e. The molecule has 6 heteroatoms. The largest absolute Gasteiger partial charge is 0.338 e. The van der Waals surface area contributed by atoms with Gasteiger partial charge in [-0.25, -0.2) is 4.79 Å². The summed E-state index contributed by atoms with van der Waals surface area (Å²) >= 11 is 0. The lowest BCUT2D eigenvalue weighted by atomic mass is 10.2. The summed E-state index contributed by atoms with van der Waals surface area (Å²) in [5, 5.41) is 5.83. The van der Waals surface area contributed by atoms with Gasteiger partial charge >= 0.3 is 6.03 Å². The predicted molar refractivity (Wildman–Crippen MR) is 105 cm³/mol. The molecule has 1 aliphatic rings. The number of nitrogens with one attached hydrogen (secondary N) is 2. The van der Waals surface area contributed by atoms with Gasteiger partial charge < -0.3 is 20.4 Å². The van der Waals surface area contributed by atoms with Crippen LogP contribution in [0.15, 0.2) is 30.3 Å². The fourth-order valence-corrected chi connectivity index (χ4v) is 3.37. The van der Waals surface area contributed by atoms with Crippen molar-refractivity contribution >= 4 is 17.6 Å². The zero-order chi connectivity index (χ0) is 18.8. The highest BCUT2D eigenvalue weighted by atomic mass is 16.2. The lowest BCUT2D eigenvalue weighted by molar-refractivity contribution is -0.117. The quantitative estimate of drug-likeness (QED) is 0.631. The van der Waals surface area contributed by atoms with Crippen LogP contribution in [0.1, 0.15) is 39.5 Å². The Morgan fingerprint density at radius 3 is 2.50 bits per heavy atom. The van der Waals surface area contributed by atoms with E-state index in [-0.39, 0.29) is 18.0 Å². The van der Waals surface area contributed by atoms with Crippen LogP contribution in [0.25, 0.3) is 0 Å². The minimum Gasteiger partial charge on any atom is -0.338 e. The van der Waals surface area contributed by atoms with Crippen molar-refractivity contribution in [2.24, 2.45) is 0 Å². The summed E-state index contributed by atoms with van der Waals surface area (Å²) in [6.45, 7) is 8.78. The fraction of sp³-hybridized carbons (Fsp3) is 0.600. The summed E-state index contributed by atoms with van der Waals surface area (Å²) in [4.78, 5) is 28.4. The number of hydrogen-bond donors (Lipinski definition) is 2. The van der Waals surface area contributed by atoms with E-state index in [2.05, 4.69) is 29.4 Å². The molecule has 0 aliphatic carbocycles. The van der Waals surface area contributed by atoms with E-state index in [1.165, 1.54) is 0 Å². The second-order valence-corrected chi connectivity index (χ2v) is 6.84. The molecular weight excluding hydrogens is 328 g/mol. The Bertz CT molecular complexity index is 558. The van der Waals surface area contributed by atoms with E-state index in [9.17, 15) is 9.59 Å². The molecule has 1 atom stereocenters. The van der Waals surface area contributed by atoms with Gasteiger partial charge in [-0.15, -0.1) is 0 Å². The molecule has 1 unspecified atom stereocenters. The van der Waals surface area contributed by atoms with E-state index in [0.717, 1.165) is 44.6 Å². The number of amides is 3. The van der Waals surface area contributed by atoms with Crippen LogP contribution in [0.3, 0.4) is 0 Å². The molecule has 1 heterocycles. The summed E-state index contributed by atoms with van der Waals surface area (Å²) in [5.41, 5.74) is 0.883. The monoisotopic (exact) mass is 360 g/mol. The van der Waals surface area contributed by atoms with E-state index in [1.807, 2.05) is 30.3 Å². The van der Waals surface area contributed by atoms with Crippen LogP contribution < -0.4 is 15.5 Å². The van der Waals surface area contributed by atoms with Gasteiger partial charge in [-0.2, -0.15) is 0 Å². The van der Waals surface area contributed by atoms with Crippen LogP contribution in [0.5, 0.6) is 0 Å². The van der Waals surface area contributed by atoms with E-state index >= 15 is 0 Å². The van der Waals surface area contributed by atoms with Gasteiger partial charge in [-0.3, -0.25) is 4.79 Å². The predicted octanol–water partition coefficient (Wildman–Crippen LogP) is 2.60. The third kappa shape index (κ3) is 6.33. The van der Waals surface area contributed by atoms with Gasteiger partial charge in [0, 0.05) is 25.2 Å². The number of rotatable bonds is 10. The summed E-state index contributed by atoms with van der Waals surface area (Å²) in [6, 6.07) is 9.26. The second-order valence-electron chi connectivity index (χ2n) is 6.84. The molecule has 2 N–H and O–H groups in total. The summed E-state index contributed by atoms with van der Waals surface area (Å²) in [6.07, 6.45) is 3.60. The van der Waals surface area contributed by atoms with Crippen LogP contribution in [-0.2, 0) is 4.79 Å². The molecule has 0 aromatic heterocycles. The number of carbonyl (C=O) groups is 2. The maximum absolute atomic E-state index is 12.2. The van der Waals surface area contributed by atoms with Crippen molar-refractivity contribution in [2.75, 3.05) is 37.6 Å². The molecule has 6 nitrogen and oxygen atoms in total. The Kier molecular flexibility index (Phi) is 8.41. The highest BCUT2D eigenvalue weighted by Crippen LogP contribution is 2.20. The molecule has 26 heavy (non-hydrogen) atoms. The molecule has 1 fully saturated rings. The Morgan fingerprint density at radius 2 is 1.85 bits per heavy atom. The number of carbonyl (C=O) groups excluding carboxylic acids is 2. The number of hydrogen-bond acceptors (Lipinski definition) is 3. The highest BCUT2D eigenvalue weighted by Gasteiger charge is 2.31. The van der Waals surface area contributed by atoms with Gasteiger partial charge in [0.15, 0.2) is 0 Å². The van der Waals surface area contributed by atoms with Crippen molar-refractivity contribution < 1.29 is 9.59 Å². The van der Waals surface area contributed by atoms with E-state index in [0.29, 0.717) is 19.5 Å². The topological polar surface area (TPSA) is 64.7 Å². The Labute approximate surface area is 156 Å². The molecule has 1 aromatic carbocycles. The average Bonchev–Trinajstić information content (AvgIpc) is 3.00. The standard InChI is InChI=1S/C20H32N4O2/c1-3-12-23(13-4-2)14-8-11-21-20(26)22-17-15-19(25)24(16-17)18-9-6-5-7-10-18/h5-7,9-10,17H,3-4,8,11-16H2,1-2H3,(H2,21,22,26). The van der Waals surface area contributed by atoms with Crippen LogP contribution in [0, 0.1) is 0 Å². The minimum absolute atomic E-state index is 0.0521. The molecule has 144 valence electrons. The average molecular weight is 361 g/mol. The third-order valence-corrected chi connectivity index (χ3v) is 4.54. The van der Waals surface area contributed by atoms with E-state index < -0.39 is 0 Å². The zero-order valence-electron chi connectivity index (χ0n) is 16.0. The summed E-state index contributed by atoms with van der Waals surface area (Å²) in [7, 11) is 0. The first-order valence-electron chi connectivity index (χ1n) is 9.76. The van der Waals surface area contributed by atoms with E-state index in [1.54, 1.807) is 4.90 Å². The second kappa shape index (κ2) is 10.8. The van der Waals surface area contributed by atoms with Crippen LogP contribution in [0.2, 0.25) is 0 Å². The minimum atomic E-state index is -0.185. The molecule has 2 rings (SSSR count). The lowest BCUT2D eigenvalue weighted by Crippen LogP contribution is -2.44. The lowest BCUT2D eigenvalue weighted by Gasteiger charge is -2.21. The number of urea groups is 1. The Balaban J connectivity index is 1.68. The van der Waals surface area contributed by atoms with Gasteiger partial charge in [-0.1, -0.05) is 32.0 Å². The first kappa shape index (κ1) is 20.2. The molecule has 3 amide bonds. The fourth-order valence-electron chi connectivity index (χ4n) is 3.37. The van der Waals surface area contributed by atoms with Gasteiger partial charge in [-0.05, 0) is 51.0 Å². The molecule has 0 spiro atoms. The molecular formula is C20H32N4O2. The summed E-state index contributed by atoms with van der Waals surface area (Å²) in [5.74, 6) is 0.0521. The van der Waals surface area contributed by atoms with Crippen molar-refractivity contribution in [3.05, 3.63) is 30.3 Å². The third-order valence-electron chi connectivity index (χ3n) is 4.54. The van der Waals surface area contributed by atoms with Crippen molar-refractivity contribution in [1.82, 2.24) is 15.5 Å². The number of para-hydroxylation sites is 1. The SMILES string of the molecule is CCCN(CCC)CCCNC(=O)NC1CC(=O)N(c2ccccc2)C1. The molecule has 0 radical (unpaired) electrons. The normalized spacial score (nSPS) is 17.0. The summed E-state index contributed by atoms with van der Waals surface area (Å²) < 4.78 is 0. The molecule has 1 aromatic rings. The van der Waals surface area contributed by atoms with Crippen LogP contribution in [0.4, 0.5) is 10.5 Å². The first-order valence-corrected chi connectivity index (χ1v) is 9.76. The number of anilines is 1. The molecule has 1 saturated heterocycles. The van der Waals surface area contributed by atoms with Crippen molar-refractivity contribution in [1.29, 1.82) is 0 Å². The van der Waals surface area contributed by atoms with E-state index in [4.69, 9.17) is 0 Å². The first-order chi connectivity index (χ1) is 12.6. The van der Waals surface area contributed by atoms with Gasteiger partial charge in [0.1, 0.15) is 0 Å². The van der Waals surface area contributed by atoms with Crippen molar-refractivity contribution in [3.8, 4) is 0 Å². The van der Waals surface area contributed by atoms with Gasteiger partial charge in [0.25, 0.3) is 0 Å². The molecule has 0 saturated carbocycles. The van der Waals surface area contributed by atoms with Crippen LogP contribution in [-0.4, -0.2) is 55.6 Å². The maximum Gasteiger partial charge on any atom is 0.315 e. The number of benzene rings is 1. The van der Waals surface area contributed by atoms with Gasteiger partial charge in [0.2, 0.25) is 5.91 Å².